The molecular formula is C15H16N4O. The zero-order valence-electron chi connectivity index (χ0n) is 12.0. The molecule has 2 aromatic rings. The fourth-order valence-corrected chi connectivity index (χ4v) is 1.84. The maximum atomic E-state index is 9.11. The van der Waals surface area contributed by atoms with Crippen molar-refractivity contribution < 1.29 is 4.74 Å². The lowest BCUT2D eigenvalue weighted by Gasteiger charge is -2.14. The first-order chi connectivity index (χ1) is 9.55. The Hall–Kier alpha value is -2.61. The molecule has 1 aromatic heterocycles. The molecule has 0 N–H and O–H groups in total. The van der Waals surface area contributed by atoms with Gasteiger partial charge in [-0.25, -0.2) is 9.97 Å². The summed E-state index contributed by atoms with van der Waals surface area (Å²) < 4.78 is 5.35. The van der Waals surface area contributed by atoms with E-state index < -0.39 is 0 Å². The normalized spacial score (nSPS) is 9.95. The Morgan fingerprint density at radius 3 is 2.55 bits per heavy atom. The zero-order chi connectivity index (χ0) is 14.7. The van der Waals surface area contributed by atoms with Gasteiger partial charge in [0.1, 0.15) is 23.3 Å². The highest BCUT2D eigenvalue weighted by atomic mass is 16.5. The summed E-state index contributed by atoms with van der Waals surface area (Å²) in [4.78, 5) is 10.6. The minimum Gasteiger partial charge on any atom is -0.496 e. The van der Waals surface area contributed by atoms with E-state index >= 15 is 0 Å². The Morgan fingerprint density at radius 2 is 1.95 bits per heavy atom. The molecule has 0 fully saturated rings. The average Bonchev–Trinajstić information content (AvgIpc) is 2.46. The van der Waals surface area contributed by atoms with Crippen LogP contribution in [0.2, 0.25) is 0 Å². The molecule has 0 unspecified atom stereocenters. The number of hydrogen-bond donors (Lipinski definition) is 0. The molecule has 0 spiro atoms. The van der Waals surface area contributed by atoms with E-state index in [9.17, 15) is 0 Å². The van der Waals surface area contributed by atoms with Crippen LogP contribution in [0, 0.1) is 18.3 Å². The van der Waals surface area contributed by atoms with Gasteiger partial charge < -0.3 is 9.64 Å². The van der Waals surface area contributed by atoms with Crippen molar-refractivity contribution in [2.75, 3.05) is 26.1 Å². The number of aryl methyl sites for hydroxylation is 1. The SMILES string of the molecule is COc1ccc(C)cc1-c1nc(C#N)cc(N(C)C)n1. The van der Waals surface area contributed by atoms with Crippen molar-refractivity contribution in [1.29, 1.82) is 5.26 Å². The second-order valence-electron chi connectivity index (χ2n) is 4.64. The van der Waals surface area contributed by atoms with Gasteiger partial charge in [-0.15, -0.1) is 0 Å². The van der Waals surface area contributed by atoms with Crippen LogP contribution in [0.25, 0.3) is 11.4 Å². The molecule has 0 aliphatic heterocycles. The Kier molecular flexibility index (Phi) is 3.85. The first-order valence-electron chi connectivity index (χ1n) is 6.16. The number of hydrogen-bond acceptors (Lipinski definition) is 5. The summed E-state index contributed by atoms with van der Waals surface area (Å²) in [5, 5.41) is 9.11. The van der Waals surface area contributed by atoms with Crippen molar-refractivity contribution in [1.82, 2.24) is 9.97 Å². The quantitative estimate of drug-likeness (QED) is 0.855. The summed E-state index contributed by atoms with van der Waals surface area (Å²) in [7, 11) is 5.36. The van der Waals surface area contributed by atoms with Gasteiger partial charge in [0, 0.05) is 20.2 Å². The van der Waals surface area contributed by atoms with Crippen LogP contribution >= 0.6 is 0 Å². The van der Waals surface area contributed by atoms with E-state index in [4.69, 9.17) is 10.00 Å². The van der Waals surface area contributed by atoms with Crippen molar-refractivity contribution >= 4 is 5.82 Å². The van der Waals surface area contributed by atoms with Crippen LogP contribution < -0.4 is 9.64 Å². The van der Waals surface area contributed by atoms with Gasteiger partial charge in [-0.3, -0.25) is 0 Å². The lowest BCUT2D eigenvalue weighted by atomic mass is 10.1. The molecule has 0 saturated heterocycles. The third-order valence-electron chi connectivity index (χ3n) is 2.88. The van der Waals surface area contributed by atoms with Crippen LogP contribution in [0.1, 0.15) is 11.3 Å². The summed E-state index contributed by atoms with van der Waals surface area (Å²) in [6, 6.07) is 9.52. The number of anilines is 1. The molecule has 1 aromatic carbocycles. The van der Waals surface area contributed by atoms with Crippen LogP contribution in [0.5, 0.6) is 5.75 Å². The molecule has 0 aliphatic carbocycles. The van der Waals surface area contributed by atoms with Gasteiger partial charge in [-0.1, -0.05) is 11.6 Å². The lowest BCUT2D eigenvalue weighted by molar-refractivity contribution is 0.416. The first-order valence-corrected chi connectivity index (χ1v) is 6.16. The molecule has 5 heteroatoms. The minimum absolute atomic E-state index is 0.335. The summed E-state index contributed by atoms with van der Waals surface area (Å²) in [5.41, 5.74) is 2.20. The molecule has 1 heterocycles. The predicted octanol–water partition coefficient (Wildman–Crippen LogP) is 2.40. The third-order valence-corrected chi connectivity index (χ3v) is 2.88. The lowest BCUT2D eigenvalue weighted by Crippen LogP contribution is -2.12. The fraction of sp³-hybridized carbons (Fsp3) is 0.267. The summed E-state index contributed by atoms with van der Waals surface area (Å²) in [5.74, 6) is 1.87. The van der Waals surface area contributed by atoms with Crippen molar-refractivity contribution in [2.45, 2.75) is 6.92 Å². The Bertz CT molecular complexity index is 674. The van der Waals surface area contributed by atoms with E-state index in [1.54, 1.807) is 13.2 Å². The smallest absolute Gasteiger partial charge is 0.166 e. The molecule has 2 rings (SSSR count). The van der Waals surface area contributed by atoms with Crippen LogP contribution in [0.15, 0.2) is 24.3 Å². The number of nitrogens with zero attached hydrogens (tertiary/aromatic N) is 4. The number of nitriles is 1. The van der Waals surface area contributed by atoms with E-state index in [0.29, 0.717) is 23.1 Å². The number of methoxy groups -OCH3 is 1. The Labute approximate surface area is 118 Å². The van der Waals surface area contributed by atoms with Crippen molar-refractivity contribution in [3.63, 3.8) is 0 Å². The first kappa shape index (κ1) is 13.8. The maximum absolute atomic E-state index is 9.11. The molecule has 0 amide bonds. The van der Waals surface area contributed by atoms with E-state index in [1.165, 1.54) is 0 Å². The molecule has 102 valence electrons. The number of benzene rings is 1. The van der Waals surface area contributed by atoms with Gasteiger partial charge in [0.15, 0.2) is 5.82 Å². The monoisotopic (exact) mass is 268 g/mol. The van der Waals surface area contributed by atoms with Gasteiger partial charge in [-0.2, -0.15) is 5.26 Å². The minimum atomic E-state index is 0.335. The third kappa shape index (κ3) is 2.69. The second kappa shape index (κ2) is 5.57. The van der Waals surface area contributed by atoms with Crippen molar-refractivity contribution in [3.8, 4) is 23.2 Å². The van der Waals surface area contributed by atoms with Gasteiger partial charge in [0.05, 0.1) is 12.7 Å². The summed E-state index contributed by atoms with van der Waals surface area (Å²) in [6.45, 7) is 1.99. The summed E-state index contributed by atoms with van der Waals surface area (Å²) in [6.07, 6.45) is 0. The zero-order valence-corrected chi connectivity index (χ0v) is 12.0. The molecular weight excluding hydrogens is 252 g/mol. The average molecular weight is 268 g/mol. The van der Waals surface area contributed by atoms with Crippen LogP contribution in [0.4, 0.5) is 5.82 Å². The molecule has 0 radical (unpaired) electrons. The molecule has 20 heavy (non-hydrogen) atoms. The van der Waals surface area contributed by atoms with E-state index in [-0.39, 0.29) is 0 Å². The van der Waals surface area contributed by atoms with Crippen LogP contribution in [-0.2, 0) is 0 Å². The van der Waals surface area contributed by atoms with Crippen LogP contribution in [0.3, 0.4) is 0 Å². The fourth-order valence-electron chi connectivity index (χ4n) is 1.84. The highest BCUT2D eigenvalue weighted by Crippen LogP contribution is 2.29. The van der Waals surface area contributed by atoms with Gasteiger partial charge in [-0.05, 0) is 19.1 Å². The molecule has 0 atom stereocenters. The van der Waals surface area contributed by atoms with Crippen molar-refractivity contribution in [3.05, 3.63) is 35.5 Å². The van der Waals surface area contributed by atoms with Gasteiger partial charge in [0.2, 0.25) is 0 Å². The topological polar surface area (TPSA) is 62.0 Å². The van der Waals surface area contributed by atoms with Crippen LogP contribution in [-0.4, -0.2) is 31.2 Å². The second-order valence-corrected chi connectivity index (χ2v) is 4.64. The number of aromatic nitrogens is 2. The molecule has 5 nitrogen and oxygen atoms in total. The maximum Gasteiger partial charge on any atom is 0.166 e. The van der Waals surface area contributed by atoms with E-state index in [0.717, 1.165) is 11.1 Å². The predicted molar refractivity (Wildman–Crippen MR) is 77.8 cm³/mol. The Balaban J connectivity index is 2.66. The van der Waals surface area contributed by atoms with Crippen molar-refractivity contribution in [2.24, 2.45) is 0 Å². The molecule has 0 aliphatic rings. The highest BCUT2D eigenvalue weighted by Gasteiger charge is 2.12. The number of rotatable bonds is 3. The van der Waals surface area contributed by atoms with E-state index in [2.05, 4.69) is 16.0 Å². The summed E-state index contributed by atoms with van der Waals surface area (Å²) >= 11 is 0. The van der Waals surface area contributed by atoms with Gasteiger partial charge in [0.25, 0.3) is 0 Å². The highest BCUT2D eigenvalue weighted by molar-refractivity contribution is 5.67. The standard InChI is InChI=1S/C15H16N4O/c1-10-5-6-13(20-4)12(7-10)15-17-11(9-16)8-14(18-15)19(2)3/h5-8H,1-4H3. The molecule has 0 saturated carbocycles. The number of ether oxygens (including phenoxy) is 1. The van der Waals surface area contributed by atoms with Gasteiger partial charge >= 0.3 is 0 Å². The Morgan fingerprint density at radius 1 is 1.20 bits per heavy atom. The largest absolute Gasteiger partial charge is 0.496 e. The molecule has 0 bridgehead atoms. The van der Waals surface area contributed by atoms with E-state index in [1.807, 2.05) is 44.1 Å².